The minimum absolute atomic E-state index is 0. The number of hydrogen-bond acceptors (Lipinski definition) is 4. The van der Waals surface area contributed by atoms with E-state index in [1.807, 2.05) is 4.90 Å². The van der Waals surface area contributed by atoms with Crippen LogP contribution in [0.2, 0.25) is 0 Å². The molecule has 0 saturated carbocycles. The van der Waals surface area contributed by atoms with Crippen LogP contribution in [0, 0.1) is 0 Å². The van der Waals surface area contributed by atoms with Gasteiger partial charge >= 0.3 is 0 Å². The number of nitrogens with zero attached hydrogens (tertiary/aromatic N) is 1. The standard InChI is InChI=1S/C13H18N2O2S.ClH/c16-13(11-9-14-5-7-17-11)15-6-1-3-10(15)12-4-2-8-18-12;/h2,4,8,10-11,14H,1,3,5-7,9H2;1H. The van der Waals surface area contributed by atoms with Gasteiger partial charge in [0.2, 0.25) is 0 Å². The van der Waals surface area contributed by atoms with E-state index in [-0.39, 0.29) is 30.5 Å². The molecular weight excluding hydrogens is 284 g/mol. The zero-order valence-electron chi connectivity index (χ0n) is 10.7. The van der Waals surface area contributed by atoms with Crippen molar-refractivity contribution in [3.05, 3.63) is 22.4 Å². The van der Waals surface area contributed by atoms with E-state index >= 15 is 0 Å². The summed E-state index contributed by atoms with van der Waals surface area (Å²) in [6.07, 6.45) is 1.88. The summed E-state index contributed by atoms with van der Waals surface area (Å²) in [5.74, 6) is 0.151. The summed E-state index contributed by atoms with van der Waals surface area (Å²) in [6, 6.07) is 4.45. The summed E-state index contributed by atoms with van der Waals surface area (Å²) in [4.78, 5) is 15.8. The second-order valence-electron chi connectivity index (χ2n) is 4.77. The van der Waals surface area contributed by atoms with Crippen LogP contribution in [-0.4, -0.2) is 43.2 Å². The maximum atomic E-state index is 12.5. The van der Waals surface area contributed by atoms with E-state index in [9.17, 15) is 4.79 Å². The number of halogens is 1. The Labute approximate surface area is 123 Å². The number of thiophene rings is 1. The van der Waals surface area contributed by atoms with Crippen LogP contribution in [0.5, 0.6) is 0 Å². The minimum Gasteiger partial charge on any atom is -0.366 e. The second kappa shape index (κ2) is 6.70. The van der Waals surface area contributed by atoms with Crippen molar-refractivity contribution in [2.75, 3.05) is 26.2 Å². The van der Waals surface area contributed by atoms with Crippen LogP contribution in [0.1, 0.15) is 23.8 Å². The number of morpholine rings is 1. The van der Waals surface area contributed by atoms with Crippen LogP contribution in [0.25, 0.3) is 0 Å². The van der Waals surface area contributed by atoms with Gasteiger partial charge in [-0.2, -0.15) is 0 Å². The van der Waals surface area contributed by atoms with E-state index in [1.54, 1.807) is 11.3 Å². The molecule has 0 bridgehead atoms. The minimum atomic E-state index is -0.292. The molecule has 1 aromatic heterocycles. The fourth-order valence-electron chi connectivity index (χ4n) is 2.72. The molecule has 0 aromatic carbocycles. The lowest BCUT2D eigenvalue weighted by Gasteiger charge is -2.30. The first-order chi connectivity index (χ1) is 8.86. The molecular formula is C13H19ClN2O2S. The lowest BCUT2D eigenvalue weighted by molar-refractivity contribution is -0.146. The summed E-state index contributed by atoms with van der Waals surface area (Å²) < 4.78 is 5.57. The number of carbonyl (C=O) groups is 1. The summed E-state index contributed by atoms with van der Waals surface area (Å²) in [6.45, 7) is 2.99. The average Bonchev–Trinajstić information content (AvgIpc) is 3.09. The highest BCUT2D eigenvalue weighted by Crippen LogP contribution is 2.35. The van der Waals surface area contributed by atoms with Crippen molar-refractivity contribution in [3.63, 3.8) is 0 Å². The SMILES string of the molecule is Cl.O=C(C1CNCCO1)N1CCCC1c1cccs1. The maximum absolute atomic E-state index is 12.5. The van der Waals surface area contributed by atoms with Crippen molar-refractivity contribution >= 4 is 29.7 Å². The Morgan fingerprint density at radius 2 is 2.42 bits per heavy atom. The van der Waals surface area contributed by atoms with Crippen molar-refractivity contribution in [1.29, 1.82) is 0 Å². The summed E-state index contributed by atoms with van der Waals surface area (Å²) in [5, 5.41) is 5.30. The molecule has 2 saturated heterocycles. The first-order valence-electron chi connectivity index (χ1n) is 6.52. The molecule has 19 heavy (non-hydrogen) atoms. The molecule has 2 fully saturated rings. The van der Waals surface area contributed by atoms with Crippen LogP contribution in [0.4, 0.5) is 0 Å². The van der Waals surface area contributed by atoms with Crippen LogP contribution < -0.4 is 5.32 Å². The molecule has 4 nitrogen and oxygen atoms in total. The Hall–Kier alpha value is -0.620. The van der Waals surface area contributed by atoms with Gasteiger partial charge in [-0.15, -0.1) is 23.7 Å². The molecule has 2 unspecified atom stereocenters. The van der Waals surface area contributed by atoms with Crippen LogP contribution in [0.3, 0.4) is 0 Å². The third-order valence-electron chi connectivity index (χ3n) is 3.61. The van der Waals surface area contributed by atoms with E-state index in [2.05, 4.69) is 22.8 Å². The van der Waals surface area contributed by atoms with Gasteiger partial charge in [-0.25, -0.2) is 0 Å². The molecule has 2 atom stereocenters. The fourth-order valence-corrected chi connectivity index (χ4v) is 3.59. The van der Waals surface area contributed by atoms with Crippen molar-refractivity contribution in [3.8, 4) is 0 Å². The molecule has 0 spiro atoms. The molecule has 2 aliphatic rings. The number of hydrogen-bond donors (Lipinski definition) is 1. The molecule has 0 aliphatic carbocycles. The number of carbonyl (C=O) groups excluding carboxylic acids is 1. The lowest BCUT2D eigenvalue weighted by Crippen LogP contribution is -2.49. The Morgan fingerprint density at radius 3 is 3.11 bits per heavy atom. The van der Waals surface area contributed by atoms with Crippen molar-refractivity contribution in [1.82, 2.24) is 10.2 Å². The molecule has 1 amide bonds. The highest BCUT2D eigenvalue weighted by atomic mass is 35.5. The number of ether oxygens (including phenoxy) is 1. The van der Waals surface area contributed by atoms with Gasteiger partial charge in [0.15, 0.2) is 0 Å². The van der Waals surface area contributed by atoms with Gasteiger partial charge in [0.1, 0.15) is 6.10 Å². The van der Waals surface area contributed by atoms with E-state index in [0.29, 0.717) is 13.2 Å². The third kappa shape index (κ3) is 3.11. The van der Waals surface area contributed by atoms with Crippen LogP contribution in [0.15, 0.2) is 17.5 Å². The quantitative estimate of drug-likeness (QED) is 0.906. The summed E-state index contributed by atoms with van der Waals surface area (Å²) in [5.41, 5.74) is 0. The van der Waals surface area contributed by atoms with Crippen LogP contribution >= 0.6 is 23.7 Å². The van der Waals surface area contributed by atoms with Crippen molar-refractivity contribution < 1.29 is 9.53 Å². The molecule has 6 heteroatoms. The molecule has 3 heterocycles. The zero-order chi connectivity index (χ0) is 12.4. The number of rotatable bonds is 2. The van der Waals surface area contributed by atoms with Crippen LogP contribution in [-0.2, 0) is 9.53 Å². The highest BCUT2D eigenvalue weighted by molar-refractivity contribution is 7.10. The first-order valence-corrected chi connectivity index (χ1v) is 7.40. The van der Waals surface area contributed by atoms with Gasteiger partial charge in [-0.3, -0.25) is 4.79 Å². The number of likely N-dealkylation sites (tertiary alicyclic amines) is 1. The normalized spacial score (nSPS) is 27.1. The van der Waals surface area contributed by atoms with Crippen molar-refractivity contribution in [2.45, 2.75) is 25.0 Å². The molecule has 3 rings (SSSR count). The topological polar surface area (TPSA) is 41.6 Å². The Balaban J connectivity index is 0.00000133. The Kier molecular flexibility index (Phi) is 5.21. The molecule has 0 radical (unpaired) electrons. The van der Waals surface area contributed by atoms with Gasteiger partial charge in [0.05, 0.1) is 12.6 Å². The van der Waals surface area contributed by atoms with Crippen molar-refractivity contribution in [2.24, 2.45) is 0 Å². The molecule has 1 N–H and O–H groups in total. The maximum Gasteiger partial charge on any atom is 0.253 e. The number of nitrogens with one attached hydrogen (secondary N) is 1. The predicted octanol–water partition coefficient (Wildman–Crippen LogP) is 1.82. The smallest absolute Gasteiger partial charge is 0.253 e. The number of amides is 1. The predicted molar refractivity (Wildman–Crippen MR) is 77.9 cm³/mol. The molecule has 2 aliphatic heterocycles. The summed E-state index contributed by atoms with van der Waals surface area (Å²) >= 11 is 1.74. The van der Waals surface area contributed by atoms with E-state index < -0.39 is 0 Å². The Morgan fingerprint density at radius 1 is 1.53 bits per heavy atom. The van der Waals surface area contributed by atoms with E-state index in [1.165, 1.54) is 4.88 Å². The van der Waals surface area contributed by atoms with Gasteiger partial charge in [0.25, 0.3) is 5.91 Å². The van der Waals surface area contributed by atoms with Gasteiger partial charge in [-0.05, 0) is 24.3 Å². The van der Waals surface area contributed by atoms with E-state index in [0.717, 1.165) is 25.9 Å². The highest BCUT2D eigenvalue weighted by Gasteiger charge is 2.35. The molecule has 1 aromatic rings. The Bertz CT molecular complexity index is 407. The lowest BCUT2D eigenvalue weighted by atomic mass is 10.1. The van der Waals surface area contributed by atoms with Gasteiger partial charge < -0.3 is 15.0 Å². The second-order valence-corrected chi connectivity index (χ2v) is 5.75. The zero-order valence-corrected chi connectivity index (χ0v) is 12.3. The fraction of sp³-hybridized carbons (Fsp3) is 0.615. The summed E-state index contributed by atoms with van der Waals surface area (Å²) in [7, 11) is 0. The monoisotopic (exact) mass is 302 g/mol. The van der Waals surface area contributed by atoms with Gasteiger partial charge in [-0.1, -0.05) is 6.07 Å². The third-order valence-corrected chi connectivity index (χ3v) is 4.58. The largest absolute Gasteiger partial charge is 0.366 e. The van der Waals surface area contributed by atoms with E-state index in [4.69, 9.17) is 4.74 Å². The van der Waals surface area contributed by atoms with Gasteiger partial charge in [0, 0.05) is 24.5 Å². The average molecular weight is 303 g/mol. The molecule has 106 valence electrons. The first kappa shape index (κ1) is 14.8.